The van der Waals surface area contributed by atoms with Gasteiger partial charge in [-0.15, -0.1) is 0 Å². The Balaban J connectivity index is 1.58. The highest BCUT2D eigenvalue weighted by atomic mass is 16.4. The lowest BCUT2D eigenvalue weighted by molar-refractivity contribution is 0.102. The van der Waals surface area contributed by atoms with Crippen LogP contribution >= 0.6 is 0 Å². The van der Waals surface area contributed by atoms with Gasteiger partial charge in [0.15, 0.2) is 5.82 Å². The summed E-state index contributed by atoms with van der Waals surface area (Å²) in [7, 11) is 0. The Morgan fingerprint density at radius 1 is 1.12 bits per heavy atom. The summed E-state index contributed by atoms with van der Waals surface area (Å²) in [6, 6.07) is 15.6. The number of aromatic nitrogens is 3. The lowest BCUT2D eigenvalue weighted by atomic mass is 10.1. The van der Waals surface area contributed by atoms with E-state index in [0.717, 1.165) is 11.4 Å². The second-order valence-corrected chi connectivity index (χ2v) is 5.76. The Morgan fingerprint density at radius 2 is 1.88 bits per heavy atom. The Morgan fingerprint density at radius 3 is 2.62 bits per heavy atom. The normalized spacial score (nSPS) is 10.8. The largest absolute Gasteiger partial charge is 0.422 e. The smallest absolute Gasteiger partial charge is 0.349 e. The quantitative estimate of drug-likeness (QED) is 0.555. The number of fused-ring (bicyclic) bond motifs is 1. The molecule has 4 rings (SSSR count). The van der Waals surface area contributed by atoms with Crippen LogP contribution in [0, 0.1) is 6.92 Å². The number of aryl methyl sites for hydroxylation is 1. The number of hydrogen-bond acceptors (Lipinski definition) is 5. The molecule has 0 aliphatic carbocycles. The van der Waals surface area contributed by atoms with Gasteiger partial charge in [-0.05, 0) is 43.3 Å². The number of benzene rings is 2. The first-order valence-corrected chi connectivity index (χ1v) is 7.94. The number of nitrogens with zero attached hydrogens (tertiary/aromatic N) is 2. The highest BCUT2D eigenvalue weighted by Crippen LogP contribution is 2.19. The third-order valence-electron chi connectivity index (χ3n) is 3.88. The number of nitrogens with one attached hydrogen (secondary N) is 2. The Labute approximate surface area is 147 Å². The first-order chi connectivity index (χ1) is 12.6. The van der Waals surface area contributed by atoms with Gasteiger partial charge in [0.05, 0.1) is 0 Å². The predicted octanol–water partition coefficient (Wildman–Crippen LogP) is 3.14. The fraction of sp³-hybridized carbons (Fsp3) is 0.0526. The van der Waals surface area contributed by atoms with Crippen LogP contribution in [0.4, 0.5) is 5.69 Å². The summed E-state index contributed by atoms with van der Waals surface area (Å²) in [5, 5.41) is 10.3. The van der Waals surface area contributed by atoms with E-state index in [2.05, 4.69) is 20.5 Å². The lowest BCUT2D eigenvalue weighted by Gasteiger charge is -2.06. The van der Waals surface area contributed by atoms with Crippen LogP contribution in [0.2, 0.25) is 0 Å². The van der Waals surface area contributed by atoms with Crippen molar-refractivity contribution >= 4 is 22.6 Å². The Bertz CT molecular complexity index is 1160. The molecule has 0 radical (unpaired) electrons. The van der Waals surface area contributed by atoms with Crippen LogP contribution in [0.3, 0.4) is 0 Å². The average Bonchev–Trinajstić information content (AvgIpc) is 3.08. The highest BCUT2D eigenvalue weighted by molar-refractivity contribution is 6.05. The fourth-order valence-corrected chi connectivity index (χ4v) is 2.59. The molecule has 0 aliphatic rings. The van der Waals surface area contributed by atoms with Crippen molar-refractivity contribution in [2.75, 3.05) is 5.32 Å². The molecule has 2 heterocycles. The van der Waals surface area contributed by atoms with Gasteiger partial charge in [0.1, 0.15) is 17.0 Å². The zero-order valence-electron chi connectivity index (χ0n) is 13.8. The number of rotatable bonds is 3. The molecule has 7 nitrogen and oxygen atoms in total. The first kappa shape index (κ1) is 15.8. The SMILES string of the molecule is Cc1nc(-c2ccc(NC(=O)c3cc4ccccc4oc3=O)cc2)n[nH]1. The Kier molecular flexibility index (Phi) is 3.81. The van der Waals surface area contributed by atoms with Crippen LogP contribution in [0.15, 0.2) is 63.8 Å². The maximum Gasteiger partial charge on any atom is 0.349 e. The molecule has 1 amide bonds. The van der Waals surface area contributed by atoms with E-state index in [0.29, 0.717) is 22.5 Å². The van der Waals surface area contributed by atoms with E-state index in [1.807, 2.05) is 13.0 Å². The molecule has 128 valence electrons. The summed E-state index contributed by atoms with van der Waals surface area (Å²) < 4.78 is 5.19. The van der Waals surface area contributed by atoms with Crippen molar-refractivity contribution < 1.29 is 9.21 Å². The van der Waals surface area contributed by atoms with Crippen molar-refractivity contribution in [3.05, 3.63) is 76.4 Å². The topological polar surface area (TPSA) is 101 Å². The number of amides is 1. The molecule has 0 aliphatic heterocycles. The van der Waals surface area contributed by atoms with Crippen LogP contribution in [0.1, 0.15) is 16.2 Å². The van der Waals surface area contributed by atoms with Gasteiger partial charge in [0.2, 0.25) is 0 Å². The van der Waals surface area contributed by atoms with Gasteiger partial charge in [-0.25, -0.2) is 9.78 Å². The average molecular weight is 346 g/mol. The lowest BCUT2D eigenvalue weighted by Crippen LogP contribution is -2.20. The molecule has 7 heteroatoms. The van der Waals surface area contributed by atoms with E-state index in [-0.39, 0.29) is 5.56 Å². The molecule has 2 aromatic carbocycles. The minimum absolute atomic E-state index is 0.0441. The van der Waals surface area contributed by atoms with Gasteiger partial charge in [-0.3, -0.25) is 9.89 Å². The summed E-state index contributed by atoms with van der Waals surface area (Å²) >= 11 is 0. The number of H-pyrrole nitrogens is 1. The summed E-state index contributed by atoms with van der Waals surface area (Å²) in [6.07, 6.45) is 0. The molecule has 4 aromatic rings. The molecule has 0 saturated carbocycles. The van der Waals surface area contributed by atoms with Crippen molar-refractivity contribution in [1.82, 2.24) is 15.2 Å². The Hall–Kier alpha value is -3.74. The van der Waals surface area contributed by atoms with Crippen molar-refractivity contribution in [2.45, 2.75) is 6.92 Å². The molecule has 0 atom stereocenters. The zero-order chi connectivity index (χ0) is 18.1. The number of para-hydroxylation sites is 1. The second-order valence-electron chi connectivity index (χ2n) is 5.76. The van der Waals surface area contributed by atoms with Gasteiger partial charge in [-0.2, -0.15) is 5.10 Å². The van der Waals surface area contributed by atoms with E-state index in [4.69, 9.17) is 4.42 Å². The molecule has 0 saturated heterocycles. The van der Waals surface area contributed by atoms with E-state index >= 15 is 0 Å². The van der Waals surface area contributed by atoms with Crippen LogP contribution in [0.5, 0.6) is 0 Å². The van der Waals surface area contributed by atoms with E-state index < -0.39 is 11.5 Å². The minimum atomic E-state index is -0.672. The summed E-state index contributed by atoms with van der Waals surface area (Å²) in [4.78, 5) is 28.7. The molecule has 0 unspecified atom stereocenters. The summed E-state index contributed by atoms with van der Waals surface area (Å²) in [5.74, 6) is 0.780. The maximum absolute atomic E-state index is 12.4. The molecule has 0 spiro atoms. The number of anilines is 1. The number of carbonyl (C=O) groups excluding carboxylic acids is 1. The number of carbonyl (C=O) groups is 1. The van der Waals surface area contributed by atoms with Crippen molar-refractivity contribution in [3.8, 4) is 11.4 Å². The third kappa shape index (κ3) is 2.98. The molecule has 26 heavy (non-hydrogen) atoms. The van der Waals surface area contributed by atoms with Gasteiger partial charge in [0.25, 0.3) is 5.91 Å². The van der Waals surface area contributed by atoms with Crippen molar-refractivity contribution in [1.29, 1.82) is 0 Å². The maximum atomic E-state index is 12.4. The van der Waals surface area contributed by atoms with Crippen molar-refractivity contribution in [3.63, 3.8) is 0 Å². The van der Waals surface area contributed by atoms with Gasteiger partial charge in [0, 0.05) is 16.6 Å². The molecular formula is C19H14N4O3. The predicted molar refractivity (Wildman–Crippen MR) is 97.0 cm³/mol. The van der Waals surface area contributed by atoms with Crippen LogP contribution in [-0.4, -0.2) is 21.1 Å². The molecular weight excluding hydrogens is 332 g/mol. The molecule has 0 fully saturated rings. The van der Waals surface area contributed by atoms with Gasteiger partial charge < -0.3 is 9.73 Å². The fourth-order valence-electron chi connectivity index (χ4n) is 2.59. The van der Waals surface area contributed by atoms with Crippen molar-refractivity contribution in [2.24, 2.45) is 0 Å². The first-order valence-electron chi connectivity index (χ1n) is 7.94. The zero-order valence-corrected chi connectivity index (χ0v) is 13.8. The van der Waals surface area contributed by atoms with Gasteiger partial charge >= 0.3 is 5.63 Å². The van der Waals surface area contributed by atoms with E-state index in [9.17, 15) is 9.59 Å². The molecule has 2 aromatic heterocycles. The third-order valence-corrected chi connectivity index (χ3v) is 3.88. The number of hydrogen-bond donors (Lipinski definition) is 2. The molecule has 2 N–H and O–H groups in total. The van der Waals surface area contributed by atoms with Crippen LogP contribution in [-0.2, 0) is 0 Å². The second kappa shape index (κ2) is 6.29. The molecule has 0 bridgehead atoms. The monoisotopic (exact) mass is 346 g/mol. The van der Waals surface area contributed by atoms with Gasteiger partial charge in [-0.1, -0.05) is 18.2 Å². The summed E-state index contributed by atoms with van der Waals surface area (Å²) in [6.45, 7) is 1.82. The van der Waals surface area contributed by atoms with E-state index in [1.54, 1.807) is 42.5 Å². The van der Waals surface area contributed by atoms with Crippen LogP contribution < -0.4 is 10.9 Å². The highest BCUT2D eigenvalue weighted by Gasteiger charge is 2.14. The number of aromatic amines is 1. The summed E-state index contributed by atoms with van der Waals surface area (Å²) in [5.41, 5.74) is 1.10. The van der Waals surface area contributed by atoms with Crippen LogP contribution in [0.25, 0.3) is 22.4 Å². The van der Waals surface area contributed by atoms with E-state index in [1.165, 1.54) is 6.07 Å². The standard InChI is InChI=1S/C19H14N4O3/c1-11-20-17(23-22-11)12-6-8-14(9-7-12)21-18(24)15-10-13-4-2-3-5-16(13)26-19(15)25/h2-10H,1H3,(H,21,24)(H,20,22,23). The minimum Gasteiger partial charge on any atom is -0.422 e.